The second kappa shape index (κ2) is 7.17. The van der Waals surface area contributed by atoms with Crippen LogP contribution in [-0.2, 0) is 0 Å². The highest BCUT2D eigenvalue weighted by Gasteiger charge is 2.09. The zero-order valence-electron chi connectivity index (χ0n) is 11.0. The first kappa shape index (κ1) is 13.8. The standard InChI is InChI=1S/C14H23NO2/c1-4-5-6-7-14(15)11-8-12(16-2)10-13(9-11)17-3/h8-10,14H,4-7,15H2,1-3H3/t14-/m0/s1. The molecule has 3 heteroatoms. The highest BCUT2D eigenvalue weighted by molar-refractivity contribution is 5.39. The number of unbranched alkanes of at least 4 members (excludes halogenated alkanes) is 2. The minimum atomic E-state index is 0.0607. The van der Waals surface area contributed by atoms with Gasteiger partial charge in [0.25, 0.3) is 0 Å². The number of methoxy groups -OCH3 is 2. The lowest BCUT2D eigenvalue weighted by Crippen LogP contribution is -2.10. The van der Waals surface area contributed by atoms with Gasteiger partial charge in [-0.2, -0.15) is 0 Å². The van der Waals surface area contributed by atoms with E-state index in [1.165, 1.54) is 12.8 Å². The monoisotopic (exact) mass is 237 g/mol. The van der Waals surface area contributed by atoms with Crippen molar-refractivity contribution >= 4 is 0 Å². The van der Waals surface area contributed by atoms with Gasteiger partial charge in [-0.05, 0) is 24.1 Å². The van der Waals surface area contributed by atoms with E-state index in [0.717, 1.165) is 29.9 Å². The Bertz CT molecular complexity index is 317. The van der Waals surface area contributed by atoms with Crippen LogP contribution < -0.4 is 15.2 Å². The first-order chi connectivity index (χ1) is 8.21. The van der Waals surface area contributed by atoms with Crippen LogP contribution in [0, 0.1) is 0 Å². The molecule has 1 atom stereocenters. The molecule has 0 radical (unpaired) electrons. The molecule has 0 spiro atoms. The average Bonchev–Trinajstić information content (AvgIpc) is 2.38. The number of hydrogen-bond donors (Lipinski definition) is 1. The fourth-order valence-corrected chi connectivity index (χ4v) is 1.82. The Morgan fingerprint density at radius 3 is 2.12 bits per heavy atom. The van der Waals surface area contributed by atoms with Crippen LogP contribution in [0.1, 0.15) is 44.2 Å². The van der Waals surface area contributed by atoms with Gasteiger partial charge in [0.1, 0.15) is 11.5 Å². The minimum Gasteiger partial charge on any atom is -0.497 e. The van der Waals surface area contributed by atoms with Crippen molar-refractivity contribution in [3.05, 3.63) is 23.8 Å². The van der Waals surface area contributed by atoms with Crippen molar-refractivity contribution in [2.24, 2.45) is 5.73 Å². The summed E-state index contributed by atoms with van der Waals surface area (Å²) >= 11 is 0. The van der Waals surface area contributed by atoms with E-state index in [4.69, 9.17) is 15.2 Å². The van der Waals surface area contributed by atoms with E-state index < -0.39 is 0 Å². The van der Waals surface area contributed by atoms with Gasteiger partial charge in [-0.25, -0.2) is 0 Å². The summed E-state index contributed by atoms with van der Waals surface area (Å²) in [5, 5.41) is 0. The van der Waals surface area contributed by atoms with E-state index in [0.29, 0.717) is 0 Å². The molecule has 0 saturated carbocycles. The summed E-state index contributed by atoms with van der Waals surface area (Å²) in [6.07, 6.45) is 4.62. The molecule has 17 heavy (non-hydrogen) atoms. The van der Waals surface area contributed by atoms with E-state index in [2.05, 4.69) is 6.92 Å². The van der Waals surface area contributed by atoms with Crippen LogP contribution in [0.4, 0.5) is 0 Å². The molecule has 0 aromatic heterocycles. The molecule has 0 unspecified atom stereocenters. The molecule has 0 saturated heterocycles. The van der Waals surface area contributed by atoms with Gasteiger partial charge in [-0.15, -0.1) is 0 Å². The molecule has 0 heterocycles. The van der Waals surface area contributed by atoms with Gasteiger partial charge in [0.05, 0.1) is 14.2 Å². The van der Waals surface area contributed by atoms with Crippen molar-refractivity contribution in [1.29, 1.82) is 0 Å². The van der Waals surface area contributed by atoms with Gasteiger partial charge >= 0.3 is 0 Å². The van der Waals surface area contributed by atoms with Crippen LogP contribution in [0.25, 0.3) is 0 Å². The predicted octanol–water partition coefficient (Wildman–Crippen LogP) is 3.28. The molecule has 1 rings (SSSR count). The fraction of sp³-hybridized carbons (Fsp3) is 0.571. The maximum absolute atomic E-state index is 6.17. The number of ether oxygens (including phenoxy) is 2. The number of rotatable bonds is 7. The van der Waals surface area contributed by atoms with Gasteiger partial charge in [0.15, 0.2) is 0 Å². The molecule has 1 aromatic carbocycles. The molecule has 0 bridgehead atoms. The van der Waals surface area contributed by atoms with Crippen LogP contribution in [0.5, 0.6) is 11.5 Å². The normalized spacial score (nSPS) is 12.2. The van der Waals surface area contributed by atoms with Crippen molar-refractivity contribution in [3.63, 3.8) is 0 Å². The fourth-order valence-electron chi connectivity index (χ4n) is 1.82. The van der Waals surface area contributed by atoms with Crippen LogP contribution in [-0.4, -0.2) is 14.2 Å². The topological polar surface area (TPSA) is 44.5 Å². The second-order valence-corrected chi connectivity index (χ2v) is 4.25. The molecule has 3 nitrogen and oxygen atoms in total. The first-order valence-electron chi connectivity index (χ1n) is 6.19. The Balaban J connectivity index is 2.73. The van der Waals surface area contributed by atoms with Gasteiger partial charge in [0.2, 0.25) is 0 Å². The number of hydrogen-bond acceptors (Lipinski definition) is 3. The molecule has 0 aliphatic carbocycles. The third kappa shape index (κ3) is 4.27. The Morgan fingerprint density at radius 1 is 1.06 bits per heavy atom. The SMILES string of the molecule is CCCCC[C@H](N)c1cc(OC)cc(OC)c1. The van der Waals surface area contributed by atoms with Crippen molar-refractivity contribution in [2.45, 2.75) is 38.6 Å². The summed E-state index contributed by atoms with van der Waals surface area (Å²) in [6.45, 7) is 2.19. The van der Waals surface area contributed by atoms with E-state index in [-0.39, 0.29) is 6.04 Å². The Hall–Kier alpha value is -1.22. The molecule has 2 N–H and O–H groups in total. The lowest BCUT2D eigenvalue weighted by Gasteiger charge is -2.14. The smallest absolute Gasteiger partial charge is 0.122 e. The lowest BCUT2D eigenvalue weighted by atomic mass is 10.0. The predicted molar refractivity (Wildman–Crippen MR) is 70.6 cm³/mol. The van der Waals surface area contributed by atoms with Gasteiger partial charge in [0, 0.05) is 12.1 Å². The number of benzene rings is 1. The lowest BCUT2D eigenvalue weighted by molar-refractivity contribution is 0.392. The third-order valence-electron chi connectivity index (χ3n) is 2.92. The molecule has 0 aliphatic heterocycles. The zero-order chi connectivity index (χ0) is 12.7. The summed E-state index contributed by atoms with van der Waals surface area (Å²) in [6, 6.07) is 5.89. The van der Waals surface area contributed by atoms with E-state index in [1.807, 2.05) is 18.2 Å². The quantitative estimate of drug-likeness (QED) is 0.740. The molecule has 0 aliphatic rings. The first-order valence-corrected chi connectivity index (χ1v) is 6.19. The van der Waals surface area contributed by atoms with E-state index >= 15 is 0 Å². The van der Waals surface area contributed by atoms with Gasteiger partial charge < -0.3 is 15.2 Å². The Morgan fingerprint density at radius 2 is 1.65 bits per heavy atom. The average molecular weight is 237 g/mol. The summed E-state index contributed by atoms with van der Waals surface area (Å²) in [5.41, 5.74) is 7.25. The third-order valence-corrected chi connectivity index (χ3v) is 2.92. The van der Waals surface area contributed by atoms with Crippen molar-refractivity contribution in [3.8, 4) is 11.5 Å². The molecule has 0 fully saturated rings. The highest BCUT2D eigenvalue weighted by atomic mass is 16.5. The largest absolute Gasteiger partial charge is 0.497 e. The van der Waals surface area contributed by atoms with Crippen LogP contribution in [0.2, 0.25) is 0 Å². The van der Waals surface area contributed by atoms with E-state index in [9.17, 15) is 0 Å². The molecule has 0 amide bonds. The summed E-state index contributed by atoms with van der Waals surface area (Å²) < 4.78 is 10.5. The maximum Gasteiger partial charge on any atom is 0.122 e. The Labute approximate surface area is 104 Å². The van der Waals surface area contributed by atoms with Crippen molar-refractivity contribution < 1.29 is 9.47 Å². The Kier molecular flexibility index (Phi) is 5.84. The molecule has 1 aromatic rings. The summed E-state index contributed by atoms with van der Waals surface area (Å²) in [7, 11) is 3.31. The second-order valence-electron chi connectivity index (χ2n) is 4.25. The van der Waals surface area contributed by atoms with Crippen LogP contribution in [0.15, 0.2) is 18.2 Å². The van der Waals surface area contributed by atoms with Gasteiger partial charge in [-0.3, -0.25) is 0 Å². The van der Waals surface area contributed by atoms with Gasteiger partial charge in [-0.1, -0.05) is 26.2 Å². The van der Waals surface area contributed by atoms with E-state index in [1.54, 1.807) is 14.2 Å². The van der Waals surface area contributed by atoms with Crippen LogP contribution in [0.3, 0.4) is 0 Å². The van der Waals surface area contributed by atoms with Crippen molar-refractivity contribution in [2.75, 3.05) is 14.2 Å². The summed E-state index contributed by atoms with van der Waals surface area (Å²) in [5.74, 6) is 1.59. The zero-order valence-corrected chi connectivity index (χ0v) is 11.0. The van der Waals surface area contributed by atoms with Crippen LogP contribution >= 0.6 is 0 Å². The maximum atomic E-state index is 6.17. The van der Waals surface area contributed by atoms with Crippen molar-refractivity contribution in [1.82, 2.24) is 0 Å². The summed E-state index contributed by atoms with van der Waals surface area (Å²) in [4.78, 5) is 0. The molecular formula is C14H23NO2. The number of nitrogens with two attached hydrogens (primary N) is 1. The molecule has 96 valence electrons. The highest BCUT2D eigenvalue weighted by Crippen LogP contribution is 2.27. The minimum absolute atomic E-state index is 0.0607. The molecular weight excluding hydrogens is 214 g/mol.